The normalized spacial score (nSPS) is 11.6. The Morgan fingerprint density at radius 2 is 1.96 bits per heavy atom. The number of benzene rings is 1. The van der Waals surface area contributed by atoms with Gasteiger partial charge in [0, 0.05) is 11.8 Å². The van der Waals surface area contributed by atoms with E-state index in [0.29, 0.717) is 5.69 Å². The Bertz CT molecular complexity index is 753. The first kappa shape index (κ1) is 21.1. The second-order valence-electron chi connectivity index (χ2n) is 5.40. The summed E-state index contributed by atoms with van der Waals surface area (Å²) in [6.45, 7) is 3.13. The maximum Gasteiger partial charge on any atom is 0.309 e. The molecule has 1 aromatic carbocycles. The fourth-order valence-electron chi connectivity index (χ4n) is 2.00. The second kappa shape index (κ2) is 8.93. The summed E-state index contributed by atoms with van der Waals surface area (Å²) in [6.07, 6.45) is 0. The van der Waals surface area contributed by atoms with Crippen molar-refractivity contribution in [3.63, 3.8) is 0 Å². The molecule has 25 heavy (non-hydrogen) atoms. The number of nitrogens with two attached hydrogens (primary N) is 1. The molecule has 0 amide bonds. The van der Waals surface area contributed by atoms with Gasteiger partial charge in [-0.05, 0) is 43.2 Å². The number of aliphatic imine (C=N–C) groups is 1. The number of ether oxygens (including phenoxy) is 1. The van der Waals surface area contributed by atoms with Gasteiger partial charge in [-0.2, -0.15) is 8.78 Å². The highest BCUT2D eigenvalue weighted by Crippen LogP contribution is 2.28. The van der Waals surface area contributed by atoms with Crippen molar-refractivity contribution in [2.45, 2.75) is 19.8 Å². The van der Waals surface area contributed by atoms with Gasteiger partial charge >= 0.3 is 5.92 Å². The molecule has 1 heterocycles. The van der Waals surface area contributed by atoms with E-state index in [9.17, 15) is 8.78 Å². The maximum absolute atomic E-state index is 14.2. The van der Waals surface area contributed by atoms with E-state index in [1.807, 2.05) is 32.0 Å². The SMILES string of the molecule is COc1cccc(C(F)(F)CN=C(N)Nc2ccc(C)c(C)c2)n1.I. The lowest BCUT2D eigenvalue weighted by Crippen LogP contribution is -2.27. The summed E-state index contributed by atoms with van der Waals surface area (Å²) < 4.78 is 33.2. The van der Waals surface area contributed by atoms with Gasteiger partial charge in [0.2, 0.25) is 5.88 Å². The molecule has 0 aliphatic carbocycles. The standard InChI is InChI=1S/C17H20F2N4O.HI/c1-11-7-8-13(9-12(11)2)22-16(20)21-10-17(18,19)14-5-4-6-15(23-14)24-3;/h4-9H,10H2,1-3H3,(H3,20,21,22);1H. The maximum atomic E-state index is 14.2. The summed E-state index contributed by atoms with van der Waals surface area (Å²) >= 11 is 0. The zero-order valence-corrected chi connectivity index (χ0v) is 16.5. The van der Waals surface area contributed by atoms with E-state index in [2.05, 4.69) is 15.3 Å². The first-order valence-corrected chi connectivity index (χ1v) is 7.35. The van der Waals surface area contributed by atoms with E-state index in [0.717, 1.165) is 11.1 Å². The van der Waals surface area contributed by atoms with Crippen LogP contribution in [-0.2, 0) is 5.92 Å². The van der Waals surface area contributed by atoms with Gasteiger partial charge in [0.05, 0.1) is 7.11 Å². The Morgan fingerprint density at radius 1 is 1.24 bits per heavy atom. The summed E-state index contributed by atoms with van der Waals surface area (Å²) in [5.74, 6) is -3.21. The number of pyridine rings is 1. The molecule has 3 N–H and O–H groups in total. The zero-order valence-electron chi connectivity index (χ0n) is 14.2. The molecule has 136 valence electrons. The fraction of sp³-hybridized carbons (Fsp3) is 0.294. The van der Waals surface area contributed by atoms with Gasteiger partial charge in [-0.3, -0.25) is 0 Å². The van der Waals surface area contributed by atoms with Crippen LogP contribution >= 0.6 is 24.0 Å². The Labute approximate surface area is 162 Å². The summed E-state index contributed by atoms with van der Waals surface area (Å²) in [4.78, 5) is 7.47. The molecule has 0 unspecified atom stereocenters. The van der Waals surface area contributed by atoms with Crippen LogP contribution in [0.1, 0.15) is 16.8 Å². The minimum Gasteiger partial charge on any atom is -0.481 e. The van der Waals surface area contributed by atoms with Crippen LogP contribution in [-0.4, -0.2) is 24.6 Å². The van der Waals surface area contributed by atoms with E-state index in [1.165, 1.54) is 25.3 Å². The third-order valence-corrected chi connectivity index (χ3v) is 3.53. The summed E-state index contributed by atoms with van der Waals surface area (Å²) in [5.41, 5.74) is 8.18. The lowest BCUT2D eigenvalue weighted by Gasteiger charge is -2.15. The number of aryl methyl sites for hydroxylation is 2. The lowest BCUT2D eigenvalue weighted by atomic mass is 10.1. The van der Waals surface area contributed by atoms with Gasteiger partial charge in [-0.25, -0.2) is 9.98 Å². The number of methoxy groups -OCH3 is 1. The number of anilines is 1. The number of nitrogens with zero attached hydrogens (tertiary/aromatic N) is 2. The first-order chi connectivity index (χ1) is 11.3. The van der Waals surface area contributed by atoms with Crippen LogP contribution in [0.4, 0.5) is 14.5 Å². The third-order valence-electron chi connectivity index (χ3n) is 3.53. The predicted molar refractivity (Wildman–Crippen MR) is 106 cm³/mol. The monoisotopic (exact) mass is 462 g/mol. The van der Waals surface area contributed by atoms with Crippen molar-refractivity contribution < 1.29 is 13.5 Å². The molecule has 5 nitrogen and oxygen atoms in total. The molecular weight excluding hydrogens is 441 g/mol. The van der Waals surface area contributed by atoms with E-state index in [1.54, 1.807) is 0 Å². The number of halogens is 3. The average molecular weight is 462 g/mol. The number of nitrogens with one attached hydrogen (secondary N) is 1. The Balaban J connectivity index is 0.00000312. The van der Waals surface area contributed by atoms with Crippen molar-refractivity contribution in [1.82, 2.24) is 4.98 Å². The number of aromatic nitrogens is 1. The van der Waals surface area contributed by atoms with Crippen LogP contribution in [0.2, 0.25) is 0 Å². The van der Waals surface area contributed by atoms with Crippen LogP contribution in [0.3, 0.4) is 0 Å². The molecule has 0 saturated heterocycles. The summed E-state index contributed by atoms with van der Waals surface area (Å²) in [5, 5.41) is 2.81. The van der Waals surface area contributed by atoms with E-state index in [-0.39, 0.29) is 35.8 Å². The van der Waals surface area contributed by atoms with Crippen molar-refractivity contribution in [3.05, 3.63) is 53.2 Å². The third kappa shape index (κ3) is 5.80. The predicted octanol–water partition coefficient (Wildman–Crippen LogP) is 3.84. The lowest BCUT2D eigenvalue weighted by molar-refractivity contribution is 0.00147. The van der Waals surface area contributed by atoms with Gasteiger partial charge in [0.15, 0.2) is 5.96 Å². The van der Waals surface area contributed by atoms with Crippen LogP contribution in [0.5, 0.6) is 5.88 Å². The molecule has 0 bridgehead atoms. The highest BCUT2D eigenvalue weighted by molar-refractivity contribution is 14.0. The average Bonchev–Trinajstić information content (AvgIpc) is 2.56. The molecule has 2 aromatic rings. The minimum absolute atomic E-state index is 0. The van der Waals surface area contributed by atoms with Gasteiger partial charge < -0.3 is 15.8 Å². The smallest absolute Gasteiger partial charge is 0.309 e. The number of hydrogen-bond acceptors (Lipinski definition) is 3. The van der Waals surface area contributed by atoms with Crippen molar-refractivity contribution >= 4 is 35.6 Å². The molecule has 0 spiro atoms. The van der Waals surface area contributed by atoms with Crippen LogP contribution < -0.4 is 15.8 Å². The minimum atomic E-state index is -3.25. The van der Waals surface area contributed by atoms with Crippen LogP contribution in [0.15, 0.2) is 41.4 Å². The molecule has 0 saturated carbocycles. The Hall–Kier alpha value is -1.97. The summed E-state index contributed by atoms with van der Waals surface area (Å²) in [7, 11) is 1.37. The number of rotatable bonds is 5. The second-order valence-corrected chi connectivity index (χ2v) is 5.40. The molecule has 0 aliphatic heterocycles. The molecular formula is C17H21F2IN4O. The van der Waals surface area contributed by atoms with Gasteiger partial charge in [-0.1, -0.05) is 12.1 Å². The van der Waals surface area contributed by atoms with Crippen LogP contribution in [0.25, 0.3) is 0 Å². The van der Waals surface area contributed by atoms with E-state index < -0.39 is 18.2 Å². The summed E-state index contributed by atoms with van der Waals surface area (Å²) in [6, 6.07) is 9.78. The molecule has 0 atom stereocenters. The molecule has 0 fully saturated rings. The van der Waals surface area contributed by atoms with Crippen molar-refractivity contribution in [2.24, 2.45) is 10.7 Å². The topological polar surface area (TPSA) is 72.5 Å². The zero-order chi connectivity index (χ0) is 17.7. The quantitative estimate of drug-likeness (QED) is 0.403. The van der Waals surface area contributed by atoms with Gasteiger partial charge in [0.1, 0.15) is 12.2 Å². The number of alkyl halides is 2. The molecule has 2 rings (SSSR count). The fourth-order valence-corrected chi connectivity index (χ4v) is 2.00. The van der Waals surface area contributed by atoms with E-state index in [4.69, 9.17) is 10.5 Å². The van der Waals surface area contributed by atoms with Gasteiger partial charge in [0.25, 0.3) is 0 Å². The molecule has 8 heteroatoms. The van der Waals surface area contributed by atoms with Crippen molar-refractivity contribution in [2.75, 3.05) is 19.0 Å². The van der Waals surface area contributed by atoms with E-state index >= 15 is 0 Å². The molecule has 0 aliphatic rings. The van der Waals surface area contributed by atoms with Crippen LogP contribution in [0, 0.1) is 13.8 Å². The highest BCUT2D eigenvalue weighted by atomic mass is 127. The van der Waals surface area contributed by atoms with Gasteiger partial charge in [-0.15, -0.1) is 24.0 Å². The molecule has 1 aromatic heterocycles. The van der Waals surface area contributed by atoms with Crippen molar-refractivity contribution in [1.29, 1.82) is 0 Å². The number of guanidine groups is 1. The first-order valence-electron chi connectivity index (χ1n) is 7.35. The van der Waals surface area contributed by atoms with Crippen molar-refractivity contribution in [3.8, 4) is 5.88 Å². The Morgan fingerprint density at radius 3 is 2.60 bits per heavy atom. The molecule has 0 radical (unpaired) electrons. The Kier molecular flexibility index (Phi) is 7.53. The largest absolute Gasteiger partial charge is 0.481 e. The number of hydrogen-bond donors (Lipinski definition) is 2. The highest BCUT2D eigenvalue weighted by Gasteiger charge is 2.33.